The molecule has 138 valence electrons. The summed E-state index contributed by atoms with van der Waals surface area (Å²) in [5.74, 6) is 0.153. The Morgan fingerprint density at radius 2 is 2.04 bits per heavy atom. The van der Waals surface area contributed by atoms with Crippen LogP contribution < -0.4 is 10.2 Å². The van der Waals surface area contributed by atoms with Crippen LogP contribution in [0.5, 0.6) is 0 Å². The molecule has 1 unspecified atom stereocenters. The number of hydrogen-bond acceptors (Lipinski definition) is 3. The van der Waals surface area contributed by atoms with E-state index in [9.17, 15) is 9.59 Å². The zero-order valence-electron chi connectivity index (χ0n) is 15.2. The fourth-order valence-corrected chi connectivity index (χ4v) is 4.10. The van der Waals surface area contributed by atoms with Crippen LogP contribution in [-0.4, -0.2) is 49.4 Å². The Balaban J connectivity index is 1.64. The number of amides is 2. The predicted octanol–water partition coefficient (Wildman–Crippen LogP) is 0.643. The monoisotopic (exact) mass is 372 g/mol. The molecular weight excluding hydrogens is 346 g/mol. The topological polar surface area (TPSA) is 53.9 Å². The number of carbonyl (C=O) groups is 2. The second-order valence-electron chi connectivity index (χ2n) is 6.77. The zero-order valence-corrected chi connectivity index (χ0v) is 16.0. The van der Waals surface area contributed by atoms with Gasteiger partial charge >= 0.3 is 0 Å². The standard InChI is InChI=1S/C20H25N3O2S/c1-16-7-8-18(26-16)13-23(11-9-17-5-3-2-4-6-17)20(25)15-22-12-10-21-19(24)14-22/h2-8H,9-15H2,1H3,(H,21,24)/p+1. The number of nitrogens with one attached hydrogen (secondary N) is 2. The molecule has 2 heterocycles. The van der Waals surface area contributed by atoms with Gasteiger partial charge < -0.3 is 15.1 Å². The summed E-state index contributed by atoms with van der Waals surface area (Å²) in [5, 5.41) is 2.82. The van der Waals surface area contributed by atoms with E-state index in [2.05, 4.69) is 36.5 Å². The van der Waals surface area contributed by atoms with Crippen LogP contribution in [0.1, 0.15) is 15.3 Å². The molecule has 2 amide bonds. The molecule has 5 nitrogen and oxygen atoms in total. The van der Waals surface area contributed by atoms with E-state index in [0.29, 0.717) is 32.7 Å². The Morgan fingerprint density at radius 3 is 2.73 bits per heavy atom. The Morgan fingerprint density at radius 1 is 1.23 bits per heavy atom. The van der Waals surface area contributed by atoms with Crippen molar-refractivity contribution in [1.82, 2.24) is 10.2 Å². The van der Waals surface area contributed by atoms with Gasteiger partial charge in [0, 0.05) is 16.3 Å². The molecule has 1 saturated heterocycles. The van der Waals surface area contributed by atoms with Crippen molar-refractivity contribution in [3.63, 3.8) is 0 Å². The van der Waals surface area contributed by atoms with Crippen molar-refractivity contribution in [2.75, 3.05) is 32.7 Å². The van der Waals surface area contributed by atoms with Gasteiger partial charge in [-0.25, -0.2) is 0 Å². The molecule has 0 bridgehead atoms. The minimum Gasteiger partial charge on any atom is -0.346 e. The number of quaternary nitrogens is 1. The molecular formula is C20H26N3O2S+. The maximum absolute atomic E-state index is 12.9. The van der Waals surface area contributed by atoms with Gasteiger partial charge in [-0.1, -0.05) is 30.3 Å². The summed E-state index contributed by atoms with van der Waals surface area (Å²) in [6.45, 7) is 5.64. The maximum Gasteiger partial charge on any atom is 0.278 e. The highest BCUT2D eigenvalue weighted by Gasteiger charge is 2.25. The molecule has 3 rings (SSSR count). The second kappa shape index (κ2) is 8.96. The Hall–Kier alpha value is -2.18. The third kappa shape index (κ3) is 5.41. The number of piperazine rings is 1. The average Bonchev–Trinajstić information content (AvgIpc) is 3.04. The predicted molar refractivity (Wildman–Crippen MR) is 103 cm³/mol. The van der Waals surface area contributed by atoms with E-state index in [0.717, 1.165) is 17.9 Å². The van der Waals surface area contributed by atoms with Gasteiger partial charge in [0.05, 0.1) is 19.6 Å². The van der Waals surface area contributed by atoms with Crippen molar-refractivity contribution >= 4 is 23.2 Å². The fraction of sp³-hybridized carbons (Fsp3) is 0.400. The number of rotatable bonds is 7. The smallest absolute Gasteiger partial charge is 0.278 e. The first-order chi connectivity index (χ1) is 12.6. The van der Waals surface area contributed by atoms with Gasteiger partial charge in [0.1, 0.15) is 0 Å². The minimum absolute atomic E-state index is 0.0313. The van der Waals surface area contributed by atoms with E-state index in [-0.39, 0.29) is 11.8 Å². The fourth-order valence-electron chi connectivity index (χ4n) is 3.19. The summed E-state index contributed by atoms with van der Waals surface area (Å²) in [6, 6.07) is 14.5. The average molecular weight is 373 g/mol. The molecule has 1 aliphatic heterocycles. The van der Waals surface area contributed by atoms with Crippen molar-refractivity contribution in [3.8, 4) is 0 Å². The number of thiophene rings is 1. The van der Waals surface area contributed by atoms with Gasteiger partial charge in [-0.2, -0.15) is 0 Å². The number of nitrogens with zero attached hydrogens (tertiary/aromatic N) is 1. The van der Waals surface area contributed by atoms with Gasteiger partial charge in [0.2, 0.25) is 0 Å². The summed E-state index contributed by atoms with van der Waals surface area (Å²) in [6.07, 6.45) is 0.840. The lowest BCUT2D eigenvalue weighted by atomic mass is 10.1. The van der Waals surface area contributed by atoms with Crippen molar-refractivity contribution < 1.29 is 14.5 Å². The molecule has 0 spiro atoms. The maximum atomic E-state index is 12.9. The summed E-state index contributed by atoms with van der Waals surface area (Å²) < 4.78 is 0. The summed E-state index contributed by atoms with van der Waals surface area (Å²) in [5.41, 5.74) is 1.23. The first kappa shape index (κ1) is 18.6. The molecule has 1 fully saturated rings. The lowest BCUT2D eigenvalue weighted by molar-refractivity contribution is -0.885. The summed E-state index contributed by atoms with van der Waals surface area (Å²) in [4.78, 5) is 30.0. The Kier molecular flexibility index (Phi) is 6.41. The van der Waals surface area contributed by atoms with E-state index < -0.39 is 0 Å². The van der Waals surface area contributed by atoms with Crippen LogP contribution in [0.3, 0.4) is 0 Å². The zero-order chi connectivity index (χ0) is 18.4. The lowest BCUT2D eigenvalue weighted by Gasteiger charge is -2.27. The van der Waals surface area contributed by atoms with E-state index in [4.69, 9.17) is 0 Å². The van der Waals surface area contributed by atoms with Crippen LogP contribution in [0.4, 0.5) is 0 Å². The minimum atomic E-state index is 0.0313. The van der Waals surface area contributed by atoms with Crippen molar-refractivity contribution in [2.45, 2.75) is 19.9 Å². The van der Waals surface area contributed by atoms with Gasteiger partial charge in [-0.3, -0.25) is 9.59 Å². The summed E-state index contributed by atoms with van der Waals surface area (Å²) in [7, 11) is 0. The van der Waals surface area contributed by atoms with Crippen LogP contribution in [0.25, 0.3) is 0 Å². The number of aryl methyl sites for hydroxylation is 1. The van der Waals surface area contributed by atoms with Crippen LogP contribution in [0.2, 0.25) is 0 Å². The quantitative estimate of drug-likeness (QED) is 0.750. The van der Waals surface area contributed by atoms with Crippen LogP contribution in [0, 0.1) is 6.92 Å². The Labute approximate surface area is 158 Å². The first-order valence-electron chi connectivity index (χ1n) is 9.07. The molecule has 1 atom stereocenters. The molecule has 0 saturated carbocycles. The lowest BCUT2D eigenvalue weighted by Crippen LogP contribution is -3.16. The first-order valence-corrected chi connectivity index (χ1v) is 9.89. The molecule has 26 heavy (non-hydrogen) atoms. The Bertz CT molecular complexity index is 745. The highest BCUT2D eigenvalue weighted by atomic mass is 32.1. The van der Waals surface area contributed by atoms with Gasteiger partial charge in [0.15, 0.2) is 13.1 Å². The highest BCUT2D eigenvalue weighted by molar-refractivity contribution is 7.11. The van der Waals surface area contributed by atoms with Crippen molar-refractivity contribution in [2.24, 2.45) is 0 Å². The van der Waals surface area contributed by atoms with Crippen LogP contribution >= 0.6 is 11.3 Å². The second-order valence-corrected chi connectivity index (χ2v) is 8.14. The molecule has 2 aromatic rings. The summed E-state index contributed by atoms with van der Waals surface area (Å²) >= 11 is 1.74. The SMILES string of the molecule is Cc1ccc(CN(CCc2ccccc2)C(=O)C[NH+]2CCNC(=O)C2)s1. The largest absolute Gasteiger partial charge is 0.346 e. The normalized spacial score (nSPS) is 17.0. The third-order valence-corrected chi connectivity index (χ3v) is 5.61. The van der Waals surface area contributed by atoms with Gasteiger partial charge in [-0.15, -0.1) is 11.3 Å². The van der Waals surface area contributed by atoms with Crippen molar-refractivity contribution in [1.29, 1.82) is 0 Å². The van der Waals surface area contributed by atoms with Crippen LogP contribution in [-0.2, 0) is 22.6 Å². The number of carbonyl (C=O) groups excluding carboxylic acids is 2. The molecule has 0 radical (unpaired) electrons. The third-order valence-electron chi connectivity index (χ3n) is 4.62. The molecule has 6 heteroatoms. The number of benzene rings is 1. The molecule has 1 aromatic carbocycles. The van der Waals surface area contributed by atoms with Gasteiger partial charge in [0.25, 0.3) is 11.8 Å². The van der Waals surface area contributed by atoms with Crippen molar-refractivity contribution in [3.05, 3.63) is 57.8 Å². The van der Waals surface area contributed by atoms with E-state index in [1.54, 1.807) is 11.3 Å². The van der Waals surface area contributed by atoms with Crippen LogP contribution in [0.15, 0.2) is 42.5 Å². The van der Waals surface area contributed by atoms with E-state index in [1.807, 2.05) is 23.1 Å². The highest BCUT2D eigenvalue weighted by Crippen LogP contribution is 2.17. The number of hydrogen-bond donors (Lipinski definition) is 2. The van der Waals surface area contributed by atoms with Gasteiger partial charge in [-0.05, 0) is 31.0 Å². The molecule has 2 N–H and O–H groups in total. The van der Waals surface area contributed by atoms with E-state index in [1.165, 1.54) is 15.3 Å². The van der Waals surface area contributed by atoms with E-state index >= 15 is 0 Å². The molecule has 0 aliphatic carbocycles. The molecule has 1 aliphatic rings. The molecule has 1 aromatic heterocycles.